The first-order valence-electron chi connectivity index (χ1n) is 9.96. The molecular formula is C25H23BrN2O3. The summed E-state index contributed by atoms with van der Waals surface area (Å²) in [5, 5.41) is 9.23. The normalized spacial score (nSPS) is 11.6. The Hall–Kier alpha value is -3.12. The van der Waals surface area contributed by atoms with E-state index in [-0.39, 0.29) is 11.0 Å². The van der Waals surface area contributed by atoms with Gasteiger partial charge in [0.15, 0.2) is 0 Å². The second kappa shape index (κ2) is 8.19. The van der Waals surface area contributed by atoms with E-state index < -0.39 is 5.97 Å². The highest BCUT2D eigenvalue weighted by Crippen LogP contribution is 2.33. The lowest BCUT2D eigenvalue weighted by atomic mass is 9.87. The first-order chi connectivity index (χ1) is 14.7. The Morgan fingerprint density at radius 3 is 2.48 bits per heavy atom. The quantitative estimate of drug-likeness (QED) is 0.340. The van der Waals surface area contributed by atoms with Crippen LogP contribution in [0.4, 0.5) is 0 Å². The Labute approximate surface area is 189 Å². The van der Waals surface area contributed by atoms with Crippen molar-refractivity contribution in [3.63, 3.8) is 0 Å². The number of nitrogens with one attached hydrogen (secondary N) is 1. The number of imidazole rings is 1. The average molecular weight is 479 g/mol. The minimum absolute atomic E-state index is 0.111. The highest BCUT2D eigenvalue weighted by Gasteiger charge is 2.15. The number of H-pyrrole nitrogens is 1. The molecule has 0 aliphatic rings. The molecule has 0 unspecified atom stereocenters. The van der Waals surface area contributed by atoms with E-state index in [4.69, 9.17) is 4.74 Å². The molecule has 2 N–H and O–H groups in total. The van der Waals surface area contributed by atoms with Gasteiger partial charge >= 0.3 is 5.97 Å². The third-order valence-corrected chi connectivity index (χ3v) is 5.63. The van der Waals surface area contributed by atoms with Crippen LogP contribution in [0, 0.1) is 0 Å². The van der Waals surface area contributed by atoms with Crippen LogP contribution in [0.1, 0.15) is 42.3 Å². The molecule has 0 fully saturated rings. The molecular weight excluding hydrogens is 456 g/mol. The molecule has 0 radical (unpaired) electrons. The van der Waals surface area contributed by atoms with Crippen LogP contribution < -0.4 is 4.74 Å². The number of benzene rings is 3. The number of nitrogens with zero attached hydrogens (tertiary/aromatic N) is 1. The fourth-order valence-electron chi connectivity index (χ4n) is 3.35. The standard InChI is InChI=1S/C25H23BrN2O3/c1-25(2,3)17-7-4-15(5-8-17)14-31-22-11-9-18(26)13-19(22)23-27-20-10-6-16(24(29)30)12-21(20)28-23/h4-13H,14H2,1-3H3,(H,27,28)(H,29,30). The predicted molar refractivity (Wildman–Crippen MR) is 126 cm³/mol. The number of aromatic nitrogens is 2. The topological polar surface area (TPSA) is 75.2 Å². The maximum Gasteiger partial charge on any atom is 0.335 e. The van der Waals surface area contributed by atoms with Gasteiger partial charge in [-0.1, -0.05) is 61.0 Å². The molecule has 0 saturated carbocycles. The van der Waals surface area contributed by atoms with E-state index in [0.717, 1.165) is 15.6 Å². The Bertz CT molecular complexity index is 1250. The summed E-state index contributed by atoms with van der Waals surface area (Å²) in [6, 6.07) is 19.1. The van der Waals surface area contributed by atoms with Gasteiger partial charge < -0.3 is 14.8 Å². The monoisotopic (exact) mass is 478 g/mol. The SMILES string of the molecule is CC(C)(C)c1ccc(COc2ccc(Br)cc2-c2nc3ccc(C(=O)O)cc3[nH]2)cc1. The Morgan fingerprint density at radius 2 is 1.81 bits per heavy atom. The van der Waals surface area contributed by atoms with Gasteiger partial charge in [0.05, 0.1) is 22.2 Å². The third-order valence-electron chi connectivity index (χ3n) is 5.14. The van der Waals surface area contributed by atoms with Crippen molar-refractivity contribution in [2.45, 2.75) is 32.8 Å². The summed E-state index contributed by atoms with van der Waals surface area (Å²) in [5.41, 5.74) is 4.85. The largest absolute Gasteiger partial charge is 0.488 e. The Kier molecular flexibility index (Phi) is 5.58. The van der Waals surface area contributed by atoms with E-state index in [2.05, 4.69) is 70.9 Å². The van der Waals surface area contributed by atoms with Crippen molar-refractivity contribution in [1.82, 2.24) is 9.97 Å². The van der Waals surface area contributed by atoms with Gasteiger partial charge in [-0.3, -0.25) is 0 Å². The fourth-order valence-corrected chi connectivity index (χ4v) is 3.71. The summed E-state index contributed by atoms with van der Waals surface area (Å²) in [7, 11) is 0. The van der Waals surface area contributed by atoms with E-state index in [1.54, 1.807) is 18.2 Å². The molecule has 0 amide bonds. The molecule has 158 valence electrons. The number of fused-ring (bicyclic) bond motifs is 1. The molecule has 3 aromatic carbocycles. The van der Waals surface area contributed by atoms with E-state index in [1.165, 1.54) is 5.56 Å². The number of halogens is 1. The Balaban J connectivity index is 1.62. The van der Waals surface area contributed by atoms with Crippen molar-refractivity contribution in [2.24, 2.45) is 0 Å². The minimum atomic E-state index is -0.970. The van der Waals surface area contributed by atoms with Gasteiger partial charge in [-0.05, 0) is 52.9 Å². The molecule has 4 aromatic rings. The van der Waals surface area contributed by atoms with Gasteiger partial charge in [0.2, 0.25) is 0 Å². The number of carbonyl (C=O) groups is 1. The zero-order valence-corrected chi connectivity index (χ0v) is 19.2. The van der Waals surface area contributed by atoms with Crippen molar-refractivity contribution >= 4 is 32.9 Å². The van der Waals surface area contributed by atoms with Crippen LogP contribution in [0.15, 0.2) is 65.1 Å². The number of carboxylic acids is 1. The van der Waals surface area contributed by atoms with Crippen LogP contribution >= 0.6 is 15.9 Å². The number of carboxylic acid groups (broad SMARTS) is 1. The molecule has 6 heteroatoms. The van der Waals surface area contributed by atoms with E-state index in [0.29, 0.717) is 29.2 Å². The number of hydrogen-bond donors (Lipinski definition) is 2. The summed E-state index contributed by atoms with van der Waals surface area (Å²) >= 11 is 3.52. The van der Waals surface area contributed by atoms with Crippen LogP contribution in [-0.4, -0.2) is 21.0 Å². The smallest absolute Gasteiger partial charge is 0.335 e. The zero-order valence-electron chi connectivity index (χ0n) is 17.6. The van der Waals surface area contributed by atoms with Gasteiger partial charge in [-0.15, -0.1) is 0 Å². The maximum absolute atomic E-state index is 11.3. The number of ether oxygens (including phenoxy) is 1. The maximum atomic E-state index is 11.3. The molecule has 1 aromatic heterocycles. The third kappa shape index (κ3) is 4.64. The van der Waals surface area contributed by atoms with E-state index in [9.17, 15) is 9.90 Å². The first kappa shape index (κ1) is 21.1. The summed E-state index contributed by atoms with van der Waals surface area (Å²) in [6.45, 7) is 7.01. The molecule has 0 bridgehead atoms. The van der Waals surface area contributed by atoms with Crippen molar-refractivity contribution < 1.29 is 14.6 Å². The molecule has 0 saturated heterocycles. The van der Waals surface area contributed by atoms with Gasteiger partial charge in [0.25, 0.3) is 0 Å². The zero-order chi connectivity index (χ0) is 22.2. The lowest BCUT2D eigenvalue weighted by Gasteiger charge is -2.19. The lowest BCUT2D eigenvalue weighted by Crippen LogP contribution is -2.10. The van der Waals surface area contributed by atoms with Gasteiger partial charge in [-0.25, -0.2) is 9.78 Å². The van der Waals surface area contributed by atoms with Crippen molar-refractivity contribution in [2.75, 3.05) is 0 Å². The van der Waals surface area contributed by atoms with Crippen molar-refractivity contribution in [3.8, 4) is 17.1 Å². The molecule has 31 heavy (non-hydrogen) atoms. The summed E-state index contributed by atoms with van der Waals surface area (Å²) < 4.78 is 7.04. The summed E-state index contributed by atoms with van der Waals surface area (Å²) in [5.74, 6) is 0.347. The van der Waals surface area contributed by atoms with Crippen LogP contribution in [0.2, 0.25) is 0 Å². The molecule has 0 atom stereocenters. The molecule has 1 heterocycles. The van der Waals surface area contributed by atoms with Gasteiger partial charge in [0.1, 0.15) is 18.2 Å². The van der Waals surface area contributed by atoms with Gasteiger partial charge in [0, 0.05) is 4.47 Å². The van der Waals surface area contributed by atoms with Crippen molar-refractivity contribution in [3.05, 3.63) is 81.8 Å². The molecule has 0 aliphatic heterocycles. The van der Waals surface area contributed by atoms with Crippen LogP contribution in [0.25, 0.3) is 22.4 Å². The first-order valence-corrected chi connectivity index (χ1v) is 10.8. The van der Waals surface area contributed by atoms with Crippen LogP contribution in [0.3, 0.4) is 0 Å². The van der Waals surface area contributed by atoms with Crippen LogP contribution in [-0.2, 0) is 12.0 Å². The highest BCUT2D eigenvalue weighted by atomic mass is 79.9. The molecule has 0 spiro atoms. The number of hydrogen-bond acceptors (Lipinski definition) is 3. The second-order valence-electron chi connectivity index (χ2n) is 8.50. The van der Waals surface area contributed by atoms with Gasteiger partial charge in [-0.2, -0.15) is 0 Å². The molecule has 4 rings (SSSR count). The number of aromatic carboxylic acids is 1. The van der Waals surface area contributed by atoms with Crippen LogP contribution in [0.5, 0.6) is 5.75 Å². The van der Waals surface area contributed by atoms with E-state index in [1.807, 2.05) is 18.2 Å². The Morgan fingerprint density at radius 1 is 1.06 bits per heavy atom. The number of rotatable bonds is 5. The average Bonchev–Trinajstić information content (AvgIpc) is 3.15. The second-order valence-corrected chi connectivity index (χ2v) is 9.41. The summed E-state index contributed by atoms with van der Waals surface area (Å²) in [6.07, 6.45) is 0. The molecule has 5 nitrogen and oxygen atoms in total. The summed E-state index contributed by atoms with van der Waals surface area (Å²) in [4.78, 5) is 19.1. The highest BCUT2D eigenvalue weighted by molar-refractivity contribution is 9.10. The molecule has 0 aliphatic carbocycles. The fraction of sp³-hybridized carbons (Fsp3) is 0.200. The van der Waals surface area contributed by atoms with Crippen molar-refractivity contribution in [1.29, 1.82) is 0 Å². The number of aromatic amines is 1. The van der Waals surface area contributed by atoms with E-state index >= 15 is 0 Å². The lowest BCUT2D eigenvalue weighted by molar-refractivity contribution is 0.0697. The predicted octanol–water partition coefficient (Wildman–Crippen LogP) is 6.57. The minimum Gasteiger partial charge on any atom is -0.488 e.